The third-order valence-corrected chi connectivity index (χ3v) is 3.68. The molecule has 1 aromatic carbocycles. The molecule has 1 unspecified atom stereocenters. The van der Waals surface area contributed by atoms with Gasteiger partial charge in [-0.25, -0.2) is 9.18 Å². The molecule has 0 radical (unpaired) electrons. The smallest absolute Gasteiger partial charge is 0.331 e. The van der Waals surface area contributed by atoms with Crippen LogP contribution >= 0.6 is 15.9 Å². The van der Waals surface area contributed by atoms with E-state index in [1.54, 1.807) is 0 Å². The van der Waals surface area contributed by atoms with Crippen molar-refractivity contribution in [1.82, 2.24) is 4.90 Å². The Hall–Kier alpha value is -1.47. The maximum absolute atomic E-state index is 13.1. The summed E-state index contributed by atoms with van der Waals surface area (Å²) < 4.78 is 23.3. The number of methoxy groups -OCH3 is 1. The third kappa shape index (κ3) is 2.99. The molecule has 5 nitrogen and oxygen atoms in total. The van der Waals surface area contributed by atoms with Crippen LogP contribution in [0.25, 0.3) is 0 Å². The van der Waals surface area contributed by atoms with Crippen LogP contribution in [0.1, 0.15) is 10.4 Å². The van der Waals surface area contributed by atoms with Gasteiger partial charge in [-0.2, -0.15) is 0 Å². The maximum atomic E-state index is 13.1. The van der Waals surface area contributed by atoms with Crippen molar-refractivity contribution in [2.24, 2.45) is 0 Å². The monoisotopic (exact) mass is 345 g/mol. The second-order valence-electron chi connectivity index (χ2n) is 4.24. The molecule has 1 heterocycles. The van der Waals surface area contributed by atoms with E-state index >= 15 is 0 Å². The Morgan fingerprint density at radius 1 is 1.50 bits per heavy atom. The number of morpholine rings is 1. The molecule has 1 aliphatic heterocycles. The molecule has 0 aromatic heterocycles. The minimum Gasteiger partial charge on any atom is -0.467 e. The fourth-order valence-corrected chi connectivity index (χ4v) is 2.52. The number of carbonyl (C=O) groups excluding carboxylic acids is 2. The maximum Gasteiger partial charge on any atom is 0.331 e. The molecule has 2 rings (SSSR count). The minimum absolute atomic E-state index is 0.0945. The summed E-state index contributed by atoms with van der Waals surface area (Å²) in [6.45, 7) is 0.720. The van der Waals surface area contributed by atoms with Crippen LogP contribution in [0.4, 0.5) is 4.39 Å². The van der Waals surface area contributed by atoms with Gasteiger partial charge in [0.2, 0.25) is 0 Å². The number of halogens is 2. The van der Waals surface area contributed by atoms with Crippen LogP contribution in [0.5, 0.6) is 0 Å². The molecule has 0 saturated carbocycles. The van der Waals surface area contributed by atoms with Crippen molar-refractivity contribution < 1.29 is 23.5 Å². The lowest BCUT2D eigenvalue weighted by atomic mass is 10.1. The fraction of sp³-hybridized carbons (Fsp3) is 0.385. The summed E-state index contributed by atoms with van der Waals surface area (Å²) >= 11 is 3.15. The fourth-order valence-electron chi connectivity index (χ4n) is 2.00. The number of carbonyl (C=O) groups is 2. The summed E-state index contributed by atoms with van der Waals surface area (Å²) in [5.74, 6) is -1.34. The van der Waals surface area contributed by atoms with Gasteiger partial charge in [0.15, 0.2) is 6.04 Å². The molecule has 1 fully saturated rings. The van der Waals surface area contributed by atoms with Gasteiger partial charge in [0.05, 0.1) is 25.9 Å². The highest BCUT2D eigenvalue weighted by atomic mass is 79.9. The molecule has 1 aliphatic rings. The van der Waals surface area contributed by atoms with Gasteiger partial charge in [-0.15, -0.1) is 0 Å². The topological polar surface area (TPSA) is 55.8 Å². The second kappa shape index (κ2) is 6.32. The summed E-state index contributed by atoms with van der Waals surface area (Å²) in [6.07, 6.45) is 0. The van der Waals surface area contributed by atoms with Crippen molar-refractivity contribution in [3.8, 4) is 0 Å². The third-order valence-electron chi connectivity index (χ3n) is 3.02. The van der Waals surface area contributed by atoms with Gasteiger partial charge in [-0.1, -0.05) is 0 Å². The first-order valence-electron chi connectivity index (χ1n) is 5.96. The normalized spacial score (nSPS) is 18.8. The number of nitrogens with zero attached hydrogens (tertiary/aromatic N) is 1. The molecule has 1 atom stereocenters. The number of rotatable bonds is 2. The number of benzene rings is 1. The number of hydrogen-bond acceptors (Lipinski definition) is 4. The molecule has 0 spiro atoms. The van der Waals surface area contributed by atoms with Crippen LogP contribution in [-0.2, 0) is 14.3 Å². The number of hydrogen-bond donors (Lipinski definition) is 0. The lowest BCUT2D eigenvalue weighted by Gasteiger charge is -2.33. The summed E-state index contributed by atoms with van der Waals surface area (Å²) in [7, 11) is 1.26. The standard InChI is InChI=1S/C13H13BrFNO4/c1-19-13(18)11-7-20-5-4-16(11)12(17)9-3-2-8(15)6-10(9)14/h2-3,6,11H,4-5,7H2,1H3. The van der Waals surface area contributed by atoms with Gasteiger partial charge in [-0.3, -0.25) is 4.79 Å². The van der Waals surface area contributed by atoms with Crippen LogP contribution in [0.3, 0.4) is 0 Å². The zero-order valence-electron chi connectivity index (χ0n) is 10.8. The highest BCUT2D eigenvalue weighted by Crippen LogP contribution is 2.22. The van der Waals surface area contributed by atoms with E-state index < -0.39 is 17.8 Å². The predicted octanol–water partition coefficient (Wildman–Crippen LogP) is 1.60. The van der Waals surface area contributed by atoms with Crippen LogP contribution in [0.15, 0.2) is 22.7 Å². The minimum atomic E-state index is -0.779. The molecule has 0 bridgehead atoms. The van der Waals surface area contributed by atoms with Crippen molar-refractivity contribution in [1.29, 1.82) is 0 Å². The van der Waals surface area contributed by atoms with Crippen molar-refractivity contribution in [3.05, 3.63) is 34.1 Å². The summed E-state index contributed by atoms with van der Waals surface area (Å²) in [5, 5.41) is 0. The molecular formula is C13H13BrFNO4. The van der Waals surface area contributed by atoms with Crippen LogP contribution < -0.4 is 0 Å². The van der Waals surface area contributed by atoms with E-state index in [2.05, 4.69) is 20.7 Å². The van der Waals surface area contributed by atoms with E-state index in [1.165, 1.54) is 30.2 Å². The summed E-state index contributed by atoms with van der Waals surface area (Å²) in [4.78, 5) is 25.5. The number of amides is 1. The molecule has 1 saturated heterocycles. The van der Waals surface area contributed by atoms with Gasteiger partial charge in [-0.05, 0) is 34.1 Å². The lowest BCUT2D eigenvalue weighted by molar-refractivity contribution is -0.151. The van der Waals surface area contributed by atoms with Gasteiger partial charge in [0.25, 0.3) is 5.91 Å². The zero-order chi connectivity index (χ0) is 14.7. The summed E-state index contributed by atoms with van der Waals surface area (Å²) in [5.41, 5.74) is 0.294. The van der Waals surface area contributed by atoms with Crippen molar-refractivity contribution in [3.63, 3.8) is 0 Å². The predicted molar refractivity (Wildman–Crippen MR) is 71.8 cm³/mol. The Morgan fingerprint density at radius 2 is 2.25 bits per heavy atom. The highest BCUT2D eigenvalue weighted by molar-refractivity contribution is 9.10. The van der Waals surface area contributed by atoms with Gasteiger partial charge in [0, 0.05) is 11.0 Å². The van der Waals surface area contributed by atoms with Crippen LogP contribution in [0.2, 0.25) is 0 Å². The quantitative estimate of drug-likeness (QED) is 0.764. The Morgan fingerprint density at radius 3 is 2.90 bits per heavy atom. The zero-order valence-corrected chi connectivity index (χ0v) is 12.4. The van der Waals surface area contributed by atoms with Crippen LogP contribution in [0, 0.1) is 5.82 Å². The first-order chi connectivity index (χ1) is 9.54. The molecular weight excluding hydrogens is 333 g/mol. The van der Waals surface area contributed by atoms with E-state index in [-0.39, 0.29) is 19.1 Å². The van der Waals surface area contributed by atoms with Crippen LogP contribution in [-0.4, -0.2) is 49.7 Å². The molecule has 0 aliphatic carbocycles. The molecule has 7 heteroatoms. The molecule has 20 heavy (non-hydrogen) atoms. The van der Waals surface area contributed by atoms with Gasteiger partial charge < -0.3 is 14.4 Å². The van der Waals surface area contributed by atoms with Crippen molar-refractivity contribution >= 4 is 27.8 Å². The van der Waals surface area contributed by atoms with E-state index in [1.807, 2.05) is 0 Å². The van der Waals surface area contributed by atoms with Crippen molar-refractivity contribution in [2.75, 3.05) is 26.9 Å². The molecule has 1 aromatic rings. The highest BCUT2D eigenvalue weighted by Gasteiger charge is 2.34. The molecule has 0 N–H and O–H groups in total. The van der Waals surface area contributed by atoms with E-state index in [9.17, 15) is 14.0 Å². The molecule has 108 valence electrons. The second-order valence-corrected chi connectivity index (χ2v) is 5.09. The van der Waals surface area contributed by atoms with Gasteiger partial charge >= 0.3 is 5.97 Å². The molecule has 1 amide bonds. The average molecular weight is 346 g/mol. The Balaban J connectivity index is 2.27. The first kappa shape index (κ1) is 14.9. The largest absolute Gasteiger partial charge is 0.467 e. The Kier molecular flexibility index (Phi) is 4.72. The average Bonchev–Trinajstić information content (AvgIpc) is 2.46. The van der Waals surface area contributed by atoms with E-state index in [0.717, 1.165) is 0 Å². The summed E-state index contributed by atoms with van der Waals surface area (Å²) in [6, 6.07) is 3.01. The Labute approximate surface area is 123 Å². The first-order valence-corrected chi connectivity index (χ1v) is 6.75. The Bertz CT molecular complexity index is 537. The number of esters is 1. The van der Waals surface area contributed by atoms with E-state index in [4.69, 9.17) is 4.74 Å². The van der Waals surface area contributed by atoms with E-state index in [0.29, 0.717) is 16.6 Å². The number of ether oxygens (including phenoxy) is 2. The lowest BCUT2D eigenvalue weighted by Crippen LogP contribution is -2.53. The van der Waals surface area contributed by atoms with Gasteiger partial charge in [0.1, 0.15) is 5.82 Å². The SMILES string of the molecule is COC(=O)C1COCCN1C(=O)c1ccc(F)cc1Br. The van der Waals surface area contributed by atoms with Crippen molar-refractivity contribution in [2.45, 2.75) is 6.04 Å².